The van der Waals surface area contributed by atoms with Crippen LogP contribution in [0, 0.1) is 11.8 Å². The first-order valence-electron chi connectivity index (χ1n) is 13.7. The number of hydrogen-bond acceptors (Lipinski definition) is 6. The zero-order valence-corrected chi connectivity index (χ0v) is 25.5. The van der Waals surface area contributed by atoms with Crippen molar-refractivity contribution in [3.8, 4) is 0 Å². The van der Waals surface area contributed by atoms with Crippen LogP contribution in [-0.2, 0) is 28.5 Å². The van der Waals surface area contributed by atoms with E-state index in [-0.39, 0.29) is 30.4 Å². The number of unbranched alkanes of at least 4 members (excludes halogenated alkanes) is 3. The van der Waals surface area contributed by atoms with Crippen molar-refractivity contribution in [3.05, 3.63) is 22.3 Å². The van der Waals surface area contributed by atoms with E-state index >= 15 is 0 Å². The Bertz CT molecular complexity index is 698. The van der Waals surface area contributed by atoms with Crippen LogP contribution < -0.4 is 0 Å². The van der Waals surface area contributed by atoms with Gasteiger partial charge in [-0.15, -0.1) is 0 Å². The first-order valence-corrected chi connectivity index (χ1v) is 21.4. The number of fused-ring (bicyclic) bond motifs is 1. The van der Waals surface area contributed by atoms with Gasteiger partial charge in [0.15, 0.2) is 0 Å². The van der Waals surface area contributed by atoms with Gasteiger partial charge in [0.05, 0.1) is 0 Å². The van der Waals surface area contributed by atoms with Gasteiger partial charge in [0.25, 0.3) is 0 Å². The zero-order chi connectivity index (χ0) is 25.8. The molecule has 0 amide bonds. The van der Waals surface area contributed by atoms with Gasteiger partial charge in [-0.25, -0.2) is 0 Å². The van der Waals surface area contributed by atoms with Gasteiger partial charge in [-0.3, -0.25) is 0 Å². The molecule has 2 saturated heterocycles. The van der Waals surface area contributed by atoms with E-state index in [9.17, 15) is 9.59 Å². The standard InChI is InChI=1S/C16H21O6.3C4H9.Sn/c1-5-6-12-14-9(2)7-20-16(14)22-13(8-19-10(3)17)15(12)21-11(4)18;3*1-3-4-2;/h2,5,12-16H,1,6-8H2,3-4H3;3*1,3-4H2,2H3;/t12-,13-,14-,15+,16+;;;;/m1..../s1. The first kappa shape index (κ1) is 30.4. The summed E-state index contributed by atoms with van der Waals surface area (Å²) in [6, 6.07) is 0. The first-order chi connectivity index (χ1) is 16.8. The van der Waals surface area contributed by atoms with Crippen molar-refractivity contribution >= 4 is 30.3 Å². The van der Waals surface area contributed by atoms with Gasteiger partial charge in [0, 0.05) is 0 Å². The molecule has 2 aliphatic rings. The Kier molecular flexibility index (Phi) is 13.4. The molecule has 0 aromatic carbocycles. The Balaban J connectivity index is 2.45. The molecule has 6 nitrogen and oxygen atoms in total. The minimum absolute atomic E-state index is 0.0167. The third kappa shape index (κ3) is 8.88. The second-order valence-electron chi connectivity index (χ2n) is 10.3. The van der Waals surface area contributed by atoms with E-state index in [1.165, 1.54) is 71.3 Å². The molecule has 0 radical (unpaired) electrons. The van der Waals surface area contributed by atoms with Crippen molar-refractivity contribution < 1.29 is 28.5 Å². The van der Waals surface area contributed by atoms with Gasteiger partial charge < -0.3 is 0 Å². The summed E-state index contributed by atoms with van der Waals surface area (Å²) < 4.78 is 30.5. The van der Waals surface area contributed by atoms with Gasteiger partial charge >= 0.3 is 218 Å². The monoisotopic (exact) mass is 600 g/mol. The van der Waals surface area contributed by atoms with Crippen molar-refractivity contribution in [2.75, 3.05) is 13.2 Å². The molecule has 0 aliphatic carbocycles. The second kappa shape index (κ2) is 15.4. The summed E-state index contributed by atoms with van der Waals surface area (Å²) >= 11 is -2.58. The fourth-order valence-corrected chi connectivity index (χ4v) is 21.2. The number of esters is 2. The van der Waals surface area contributed by atoms with Crippen molar-refractivity contribution in [1.29, 1.82) is 0 Å². The molecule has 7 heteroatoms. The van der Waals surface area contributed by atoms with Crippen molar-refractivity contribution in [3.63, 3.8) is 0 Å². The number of carbonyl (C=O) groups excluding carboxylic acids is 2. The predicted molar refractivity (Wildman–Crippen MR) is 142 cm³/mol. The molecule has 2 heterocycles. The van der Waals surface area contributed by atoms with E-state index < -0.39 is 36.9 Å². The average molecular weight is 599 g/mol. The maximum absolute atomic E-state index is 12.1. The van der Waals surface area contributed by atoms with E-state index in [2.05, 4.69) is 31.4 Å². The van der Waals surface area contributed by atoms with Gasteiger partial charge in [-0.1, -0.05) is 0 Å². The molecule has 0 N–H and O–H groups in total. The minimum atomic E-state index is -2.58. The molecule has 0 spiro atoms. The van der Waals surface area contributed by atoms with Gasteiger partial charge in [0.2, 0.25) is 0 Å². The van der Waals surface area contributed by atoms with Crippen LogP contribution in [0.25, 0.3) is 0 Å². The second-order valence-corrected chi connectivity index (χ2v) is 23.2. The van der Waals surface area contributed by atoms with E-state index in [4.69, 9.17) is 18.9 Å². The van der Waals surface area contributed by atoms with E-state index in [1.54, 1.807) is 0 Å². The quantitative estimate of drug-likeness (QED) is 0.124. The Morgan fingerprint density at radius 2 is 1.63 bits per heavy atom. The summed E-state index contributed by atoms with van der Waals surface area (Å²) in [6.45, 7) is 14.3. The molecule has 200 valence electrons. The summed E-state index contributed by atoms with van der Waals surface area (Å²) in [6.07, 6.45) is 8.70. The van der Waals surface area contributed by atoms with Crippen LogP contribution in [0.5, 0.6) is 0 Å². The third-order valence-electron chi connectivity index (χ3n) is 7.46. The molecular weight excluding hydrogens is 551 g/mol. The molecule has 0 aromatic heterocycles. The molecule has 2 rings (SSSR count). The normalized spacial score (nSPS) is 27.5. The Labute approximate surface area is 217 Å². The van der Waals surface area contributed by atoms with Crippen LogP contribution in [-0.4, -0.2) is 62.0 Å². The van der Waals surface area contributed by atoms with E-state index in [0.29, 0.717) is 13.0 Å². The number of carbonyl (C=O) groups is 2. The predicted octanol–water partition coefficient (Wildman–Crippen LogP) is 6.36. The van der Waals surface area contributed by atoms with Gasteiger partial charge in [-0.2, -0.15) is 0 Å². The van der Waals surface area contributed by atoms with Crippen LogP contribution in [0.1, 0.15) is 79.6 Å². The Hall–Kier alpha value is -0.861. The number of hydrogen-bond donors (Lipinski definition) is 0. The van der Waals surface area contributed by atoms with Crippen LogP contribution in [0.4, 0.5) is 0 Å². The van der Waals surface area contributed by atoms with Crippen molar-refractivity contribution in [2.24, 2.45) is 11.8 Å². The Morgan fingerprint density at radius 1 is 1.03 bits per heavy atom. The number of allylic oxidation sites excluding steroid dienone is 1. The maximum atomic E-state index is 12.1. The van der Waals surface area contributed by atoms with Gasteiger partial charge in [0.1, 0.15) is 0 Å². The molecule has 0 saturated carbocycles. The zero-order valence-electron chi connectivity index (χ0n) is 22.7. The van der Waals surface area contributed by atoms with E-state index in [0.717, 1.165) is 0 Å². The molecule has 0 unspecified atom stereocenters. The molecule has 2 aliphatic heterocycles. The fourth-order valence-electron chi connectivity index (χ4n) is 5.75. The summed E-state index contributed by atoms with van der Waals surface area (Å²) in [5.41, 5.74) is 1.35. The molecular formula is C28H48O6Sn. The SMILES string of the molecule is C=CC[C@H]1[C@H](OC(C)=O)[C@@H](COC(C)=O)O[C@@H]2OC/C(=[CH]\[Sn]([CH2]CCC)([CH2]CCC)[CH2]CCC)[C@@H]21. The summed E-state index contributed by atoms with van der Waals surface area (Å²) in [5, 5.41) is 0. The van der Waals surface area contributed by atoms with Crippen LogP contribution in [0.3, 0.4) is 0 Å². The van der Waals surface area contributed by atoms with E-state index in [1.807, 2.05) is 6.08 Å². The summed E-state index contributed by atoms with van der Waals surface area (Å²) in [5.74, 6) is -0.721. The van der Waals surface area contributed by atoms with Gasteiger partial charge in [-0.05, 0) is 0 Å². The summed E-state index contributed by atoms with van der Waals surface area (Å²) in [4.78, 5) is 23.5. The number of ether oxygens (including phenoxy) is 4. The molecule has 2 fully saturated rings. The van der Waals surface area contributed by atoms with Crippen LogP contribution in [0.2, 0.25) is 13.3 Å². The van der Waals surface area contributed by atoms with Crippen molar-refractivity contribution in [2.45, 2.75) is 111 Å². The van der Waals surface area contributed by atoms with Crippen LogP contribution >= 0.6 is 0 Å². The fraction of sp³-hybridized carbons (Fsp3) is 0.786. The molecule has 0 bridgehead atoms. The topological polar surface area (TPSA) is 71.1 Å². The Morgan fingerprint density at radius 3 is 2.11 bits per heavy atom. The molecule has 0 aromatic rings. The van der Waals surface area contributed by atoms with Crippen molar-refractivity contribution in [1.82, 2.24) is 0 Å². The average Bonchev–Trinajstić information content (AvgIpc) is 3.21. The molecule has 5 atom stereocenters. The number of rotatable bonds is 15. The molecule has 35 heavy (non-hydrogen) atoms. The third-order valence-corrected chi connectivity index (χ3v) is 21.8. The summed E-state index contributed by atoms with van der Waals surface area (Å²) in [7, 11) is 0. The van der Waals surface area contributed by atoms with Crippen LogP contribution in [0.15, 0.2) is 22.3 Å².